The molecular formula is C28H33N7O4S. The van der Waals surface area contributed by atoms with Crippen molar-refractivity contribution in [2.75, 3.05) is 33.3 Å². The number of fused-ring (bicyclic) bond motifs is 1. The van der Waals surface area contributed by atoms with Crippen molar-refractivity contribution in [2.45, 2.75) is 44.6 Å². The van der Waals surface area contributed by atoms with Crippen molar-refractivity contribution in [3.63, 3.8) is 0 Å². The fourth-order valence-electron chi connectivity index (χ4n) is 6.66. The molecule has 0 bridgehead atoms. The molecule has 210 valence electrons. The maximum Gasteiger partial charge on any atom is 0.235 e. The van der Waals surface area contributed by atoms with Gasteiger partial charge in [-0.2, -0.15) is 19.8 Å². The molecule has 12 heteroatoms. The van der Waals surface area contributed by atoms with Crippen LogP contribution in [0.25, 0.3) is 16.6 Å². The fraction of sp³-hybridized carbons (Fsp3) is 0.500. The lowest BCUT2D eigenvalue weighted by Gasteiger charge is -2.52. The number of piperidine rings is 2. The number of methoxy groups -OCH3 is 1. The van der Waals surface area contributed by atoms with Crippen molar-refractivity contribution in [1.29, 1.82) is 5.26 Å². The van der Waals surface area contributed by atoms with E-state index in [4.69, 9.17) is 4.74 Å². The largest absolute Gasteiger partial charge is 0.494 e. The molecule has 3 fully saturated rings. The number of aromatic nitrogens is 4. The normalized spacial score (nSPS) is 20.4. The van der Waals surface area contributed by atoms with Gasteiger partial charge in [-0.05, 0) is 50.0 Å². The summed E-state index contributed by atoms with van der Waals surface area (Å²) in [6.45, 7) is 5.85. The monoisotopic (exact) mass is 563 g/mol. The SMILES string of the molecule is C=CS(=O)(=O)N1CCC2(CC1)CC(C(=O)N1CCC(n3cc(-c4cc(OC)c5c(C#N)cnn5c4)cn3)CC1)C2. The van der Waals surface area contributed by atoms with E-state index < -0.39 is 10.0 Å². The first kappa shape index (κ1) is 26.5. The van der Waals surface area contributed by atoms with Gasteiger partial charge >= 0.3 is 0 Å². The Morgan fingerprint density at radius 1 is 1.12 bits per heavy atom. The number of hydrogen-bond acceptors (Lipinski definition) is 7. The van der Waals surface area contributed by atoms with Gasteiger partial charge in [-0.25, -0.2) is 12.9 Å². The Balaban J connectivity index is 1.04. The quantitative estimate of drug-likeness (QED) is 0.451. The highest BCUT2D eigenvalue weighted by Crippen LogP contribution is 2.53. The van der Waals surface area contributed by atoms with E-state index in [-0.39, 0.29) is 23.3 Å². The van der Waals surface area contributed by atoms with Crippen molar-refractivity contribution in [2.24, 2.45) is 11.3 Å². The number of rotatable bonds is 6. The van der Waals surface area contributed by atoms with E-state index in [0.717, 1.165) is 55.1 Å². The molecule has 40 heavy (non-hydrogen) atoms. The molecule has 1 saturated carbocycles. The Kier molecular flexibility index (Phi) is 6.67. The van der Waals surface area contributed by atoms with Gasteiger partial charge in [0.05, 0.1) is 25.5 Å². The lowest BCUT2D eigenvalue weighted by Crippen LogP contribution is -2.53. The van der Waals surface area contributed by atoms with Crippen LogP contribution in [-0.4, -0.2) is 76.2 Å². The number of likely N-dealkylation sites (tertiary alicyclic amines) is 1. The lowest BCUT2D eigenvalue weighted by molar-refractivity contribution is -0.146. The summed E-state index contributed by atoms with van der Waals surface area (Å²) in [6, 6.07) is 4.26. The van der Waals surface area contributed by atoms with Crippen molar-refractivity contribution < 1.29 is 17.9 Å². The van der Waals surface area contributed by atoms with Crippen LogP contribution in [0.15, 0.2) is 42.8 Å². The minimum Gasteiger partial charge on any atom is -0.494 e. The number of nitrogens with zero attached hydrogens (tertiary/aromatic N) is 7. The second kappa shape index (κ2) is 10.1. The van der Waals surface area contributed by atoms with E-state index in [1.54, 1.807) is 11.6 Å². The molecular weight excluding hydrogens is 530 g/mol. The highest BCUT2D eigenvalue weighted by Gasteiger charge is 2.50. The van der Waals surface area contributed by atoms with Crippen LogP contribution in [0.3, 0.4) is 0 Å². The maximum absolute atomic E-state index is 13.2. The average molecular weight is 564 g/mol. The average Bonchev–Trinajstić information content (AvgIpc) is 3.63. The molecule has 0 unspecified atom stereocenters. The Morgan fingerprint density at radius 3 is 2.50 bits per heavy atom. The zero-order chi connectivity index (χ0) is 28.1. The predicted molar refractivity (Wildman–Crippen MR) is 148 cm³/mol. The molecule has 6 rings (SSSR count). The van der Waals surface area contributed by atoms with Crippen LogP contribution in [0.2, 0.25) is 0 Å². The zero-order valence-electron chi connectivity index (χ0n) is 22.6. The zero-order valence-corrected chi connectivity index (χ0v) is 23.4. The summed E-state index contributed by atoms with van der Waals surface area (Å²) in [5, 5.41) is 19.3. The van der Waals surface area contributed by atoms with Gasteiger partial charge in [-0.15, -0.1) is 0 Å². The minimum atomic E-state index is -3.36. The van der Waals surface area contributed by atoms with Gasteiger partial charge in [0.15, 0.2) is 0 Å². The molecule has 2 saturated heterocycles. The molecule has 11 nitrogen and oxygen atoms in total. The molecule has 0 atom stereocenters. The highest BCUT2D eigenvalue weighted by atomic mass is 32.2. The lowest BCUT2D eigenvalue weighted by atomic mass is 9.57. The van der Waals surface area contributed by atoms with E-state index in [2.05, 4.69) is 22.8 Å². The number of pyridine rings is 1. The molecule has 2 aliphatic heterocycles. The summed E-state index contributed by atoms with van der Waals surface area (Å²) < 4.78 is 34.8. The van der Waals surface area contributed by atoms with E-state index in [9.17, 15) is 18.5 Å². The number of ether oxygens (including phenoxy) is 1. The molecule has 3 aromatic rings. The maximum atomic E-state index is 13.2. The van der Waals surface area contributed by atoms with Gasteiger partial charge in [0.1, 0.15) is 22.9 Å². The third kappa shape index (κ3) is 4.57. The second-order valence-electron chi connectivity index (χ2n) is 11.2. The summed E-state index contributed by atoms with van der Waals surface area (Å²) in [4.78, 5) is 15.2. The van der Waals surface area contributed by atoms with Gasteiger partial charge in [0, 0.05) is 61.0 Å². The summed E-state index contributed by atoms with van der Waals surface area (Å²) in [6.07, 6.45) is 12.3. The number of hydrogen-bond donors (Lipinski definition) is 0. The van der Waals surface area contributed by atoms with E-state index in [0.29, 0.717) is 43.0 Å². The number of carbonyl (C=O) groups is 1. The fourth-order valence-corrected chi connectivity index (χ4v) is 7.57. The topological polar surface area (TPSA) is 126 Å². The van der Waals surface area contributed by atoms with Crippen molar-refractivity contribution in [3.8, 4) is 22.9 Å². The molecule has 0 aromatic carbocycles. The van der Waals surface area contributed by atoms with E-state index in [1.165, 1.54) is 10.5 Å². The Bertz CT molecular complexity index is 1590. The van der Waals surface area contributed by atoms with Crippen LogP contribution in [0.4, 0.5) is 0 Å². The van der Waals surface area contributed by atoms with Crippen molar-refractivity contribution in [3.05, 3.63) is 48.4 Å². The molecule has 3 aromatic heterocycles. The van der Waals surface area contributed by atoms with E-state index >= 15 is 0 Å². The van der Waals surface area contributed by atoms with Gasteiger partial charge in [-0.1, -0.05) is 6.58 Å². The third-order valence-corrected chi connectivity index (χ3v) is 10.6. The molecule has 0 radical (unpaired) electrons. The number of nitriles is 1. The molecule has 1 amide bonds. The second-order valence-corrected chi connectivity index (χ2v) is 13.1. The molecule has 1 spiro atoms. The summed E-state index contributed by atoms with van der Waals surface area (Å²) in [7, 11) is -1.78. The van der Waals surface area contributed by atoms with Gasteiger partial charge in [0.2, 0.25) is 15.9 Å². The van der Waals surface area contributed by atoms with Gasteiger partial charge in [-0.3, -0.25) is 9.48 Å². The predicted octanol–water partition coefficient (Wildman–Crippen LogP) is 3.21. The highest BCUT2D eigenvalue weighted by molar-refractivity contribution is 7.92. The van der Waals surface area contributed by atoms with Crippen LogP contribution in [-0.2, 0) is 14.8 Å². The van der Waals surface area contributed by atoms with Crippen LogP contribution in [0.5, 0.6) is 5.75 Å². The van der Waals surface area contributed by atoms with Crippen LogP contribution < -0.4 is 4.74 Å². The standard InChI is InChI=1S/C28H33N7O4S/c1-3-40(37,38)33-10-6-28(7-11-33)13-21(14-28)27(36)32-8-4-24(5-9-32)34-19-23(17-30-34)20-12-25(39-2)26-22(15-29)16-31-35(26)18-20/h3,12,16-19,21,24H,1,4-11,13-14H2,2H3. The smallest absolute Gasteiger partial charge is 0.235 e. The first-order chi connectivity index (χ1) is 19.3. The summed E-state index contributed by atoms with van der Waals surface area (Å²) in [5.74, 6) is 0.864. The Hall–Kier alpha value is -3.69. The third-order valence-electron chi connectivity index (χ3n) is 9.06. The Morgan fingerprint density at radius 2 is 1.85 bits per heavy atom. The van der Waals surface area contributed by atoms with Crippen LogP contribution in [0, 0.1) is 22.7 Å². The number of carbonyl (C=O) groups excluding carboxylic acids is 1. The summed E-state index contributed by atoms with van der Waals surface area (Å²) in [5.41, 5.74) is 3.03. The Labute approximate surface area is 233 Å². The van der Waals surface area contributed by atoms with Crippen molar-refractivity contribution in [1.82, 2.24) is 28.6 Å². The first-order valence-corrected chi connectivity index (χ1v) is 15.2. The van der Waals surface area contributed by atoms with Gasteiger partial charge in [0.25, 0.3) is 0 Å². The van der Waals surface area contributed by atoms with Crippen LogP contribution >= 0.6 is 0 Å². The number of sulfonamides is 1. The van der Waals surface area contributed by atoms with Crippen molar-refractivity contribution >= 4 is 21.4 Å². The van der Waals surface area contributed by atoms with E-state index in [1.807, 2.05) is 34.2 Å². The van der Waals surface area contributed by atoms with Gasteiger partial charge < -0.3 is 9.64 Å². The minimum absolute atomic E-state index is 0.0455. The van der Waals surface area contributed by atoms with Crippen LogP contribution in [0.1, 0.15) is 50.1 Å². The summed E-state index contributed by atoms with van der Waals surface area (Å²) >= 11 is 0. The number of amides is 1. The first-order valence-electron chi connectivity index (χ1n) is 13.7. The molecule has 0 N–H and O–H groups in total. The molecule has 5 heterocycles. The molecule has 1 aliphatic carbocycles. The molecule has 3 aliphatic rings.